The molecule has 2 heteroatoms. The lowest BCUT2D eigenvalue weighted by Crippen LogP contribution is -2.40. The van der Waals surface area contributed by atoms with Crippen LogP contribution < -0.4 is 0 Å². The maximum atomic E-state index is 12.7. The van der Waals surface area contributed by atoms with Crippen LogP contribution in [0.25, 0.3) is 0 Å². The third-order valence-electron chi connectivity index (χ3n) is 1.92. The van der Waals surface area contributed by atoms with Crippen molar-refractivity contribution < 1.29 is 9.18 Å². The Hall–Kier alpha value is -0.400. The van der Waals surface area contributed by atoms with Crippen LogP contribution in [0.15, 0.2) is 0 Å². The summed E-state index contributed by atoms with van der Waals surface area (Å²) in [6.45, 7) is 7.08. The summed E-state index contributed by atoms with van der Waals surface area (Å²) in [5, 5.41) is 0. The zero-order valence-electron chi connectivity index (χ0n) is 7.78. The standard InChI is InChI=1S/C7H11FO.C2H6/c1-5(9)6-3-7(2,8)4-6;1-2/h6H,3-4H2,1-2H3;1-2H3. The van der Waals surface area contributed by atoms with Crippen LogP contribution in [-0.4, -0.2) is 11.5 Å². The van der Waals surface area contributed by atoms with Crippen molar-refractivity contribution in [2.75, 3.05) is 0 Å². The molecule has 0 aromatic heterocycles. The molecular weight excluding hydrogens is 143 g/mol. The monoisotopic (exact) mass is 160 g/mol. The molecule has 1 nitrogen and oxygen atoms in total. The minimum absolute atomic E-state index is 0.0139. The number of rotatable bonds is 1. The second-order valence-electron chi connectivity index (χ2n) is 3.13. The van der Waals surface area contributed by atoms with Gasteiger partial charge in [-0.2, -0.15) is 0 Å². The number of ketones is 1. The molecule has 0 aromatic rings. The summed E-state index contributed by atoms with van der Waals surface area (Å²) in [7, 11) is 0. The molecule has 0 heterocycles. The highest BCUT2D eigenvalue weighted by atomic mass is 19.1. The van der Waals surface area contributed by atoms with Crippen LogP contribution in [0.5, 0.6) is 0 Å². The van der Waals surface area contributed by atoms with E-state index in [0.717, 1.165) is 0 Å². The molecule has 0 saturated heterocycles. The summed E-state index contributed by atoms with van der Waals surface area (Å²) in [5.74, 6) is 0.144. The molecule has 0 unspecified atom stereocenters. The van der Waals surface area contributed by atoms with Crippen molar-refractivity contribution in [3.8, 4) is 0 Å². The van der Waals surface area contributed by atoms with Crippen molar-refractivity contribution in [2.24, 2.45) is 5.92 Å². The van der Waals surface area contributed by atoms with Crippen LogP contribution in [0, 0.1) is 5.92 Å². The molecule has 0 amide bonds. The SMILES string of the molecule is CC.CC(=O)C1CC(C)(F)C1. The van der Waals surface area contributed by atoms with Crippen molar-refractivity contribution in [3.63, 3.8) is 0 Å². The lowest BCUT2D eigenvalue weighted by Gasteiger charge is -2.36. The molecule has 0 bridgehead atoms. The van der Waals surface area contributed by atoms with Crippen molar-refractivity contribution >= 4 is 5.78 Å². The van der Waals surface area contributed by atoms with Gasteiger partial charge in [0.05, 0.1) is 0 Å². The molecule has 0 N–H and O–H groups in total. The molecule has 0 aliphatic heterocycles. The Balaban J connectivity index is 0.000000461. The fraction of sp³-hybridized carbons (Fsp3) is 0.889. The minimum Gasteiger partial charge on any atom is -0.300 e. The zero-order valence-corrected chi connectivity index (χ0v) is 7.78. The first-order valence-corrected chi connectivity index (χ1v) is 4.21. The van der Waals surface area contributed by atoms with Crippen molar-refractivity contribution in [1.82, 2.24) is 0 Å². The topological polar surface area (TPSA) is 17.1 Å². The van der Waals surface area contributed by atoms with Gasteiger partial charge in [-0.05, 0) is 26.7 Å². The maximum absolute atomic E-state index is 12.7. The van der Waals surface area contributed by atoms with E-state index in [0.29, 0.717) is 12.8 Å². The van der Waals surface area contributed by atoms with Gasteiger partial charge in [0.2, 0.25) is 0 Å². The van der Waals surface area contributed by atoms with Gasteiger partial charge in [-0.15, -0.1) is 0 Å². The van der Waals surface area contributed by atoms with Gasteiger partial charge in [0.15, 0.2) is 0 Å². The van der Waals surface area contributed by atoms with E-state index in [2.05, 4.69) is 0 Å². The van der Waals surface area contributed by atoms with Gasteiger partial charge in [0.25, 0.3) is 0 Å². The minimum atomic E-state index is -1.05. The van der Waals surface area contributed by atoms with E-state index in [4.69, 9.17) is 0 Å². The number of carbonyl (C=O) groups excluding carboxylic acids is 1. The molecule has 1 aliphatic rings. The number of hydrogen-bond acceptors (Lipinski definition) is 1. The average Bonchev–Trinajstić information content (AvgIpc) is 1.87. The highest BCUT2D eigenvalue weighted by Crippen LogP contribution is 2.40. The normalized spacial score (nSPS) is 34.8. The number of halogens is 1. The first-order chi connectivity index (χ1) is 5.01. The van der Waals surface area contributed by atoms with Crippen molar-refractivity contribution in [3.05, 3.63) is 0 Å². The van der Waals surface area contributed by atoms with Crippen LogP contribution >= 0.6 is 0 Å². The average molecular weight is 160 g/mol. The summed E-state index contributed by atoms with van der Waals surface area (Å²) in [5.41, 5.74) is -1.05. The summed E-state index contributed by atoms with van der Waals surface area (Å²) in [4.78, 5) is 10.5. The molecule has 1 aliphatic carbocycles. The molecule has 0 radical (unpaired) electrons. The van der Waals surface area contributed by atoms with E-state index in [1.807, 2.05) is 13.8 Å². The fourth-order valence-corrected chi connectivity index (χ4v) is 1.26. The fourth-order valence-electron chi connectivity index (χ4n) is 1.26. The maximum Gasteiger partial charge on any atom is 0.133 e. The highest BCUT2D eigenvalue weighted by Gasteiger charge is 2.42. The Kier molecular flexibility index (Phi) is 3.70. The molecule has 0 spiro atoms. The van der Waals surface area contributed by atoms with Gasteiger partial charge in [-0.1, -0.05) is 13.8 Å². The Labute approximate surface area is 68.0 Å². The Bertz CT molecular complexity index is 132. The van der Waals surface area contributed by atoms with E-state index in [-0.39, 0.29) is 11.7 Å². The smallest absolute Gasteiger partial charge is 0.133 e. The van der Waals surface area contributed by atoms with Crippen molar-refractivity contribution in [1.29, 1.82) is 0 Å². The van der Waals surface area contributed by atoms with E-state index in [9.17, 15) is 9.18 Å². The van der Waals surface area contributed by atoms with E-state index >= 15 is 0 Å². The number of alkyl halides is 1. The second kappa shape index (κ2) is 3.84. The number of Topliss-reactive ketones (excluding diaryl/α,β-unsaturated/α-hetero) is 1. The summed E-state index contributed by atoms with van der Waals surface area (Å²) >= 11 is 0. The van der Waals surface area contributed by atoms with Gasteiger partial charge in [0, 0.05) is 5.92 Å². The third kappa shape index (κ3) is 3.00. The highest BCUT2D eigenvalue weighted by molar-refractivity contribution is 5.79. The van der Waals surface area contributed by atoms with Gasteiger partial charge < -0.3 is 0 Å². The molecule has 66 valence electrons. The first-order valence-electron chi connectivity index (χ1n) is 4.21. The van der Waals surface area contributed by atoms with Gasteiger partial charge in [-0.25, -0.2) is 4.39 Å². The summed E-state index contributed by atoms with van der Waals surface area (Å²) in [6.07, 6.45) is 0.866. The number of carbonyl (C=O) groups is 1. The third-order valence-corrected chi connectivity index (χ3v) is 1.92. The van der Waals surface area contributed by atoms with Crippen LogP contribution in [0.1, 0.15) is 40.5 Å². The largest absolute Gasteiger partial charge is 0.300 e. The van der Waals surface area contributed by atoms with Gasteiger partial charge in [-0.3, -0.25) is 4.79 Å². The second-order valence-corrected chi connectivity index (χ2v) is 3.13. The van der Waals surface area contributed by atoms with Crippen LogP contribution in [-0.2, 0) is 4.79 Å². The van der Waals surface area contributed by atoms with Gasteiger partial charge >= 0.3 is 0 Å². The molecule has 1 fully saturated rings. The number of hydrogen-bond donors (Lipinski definition) is 0. The van der Waals surface area contributed by atoms with Crippen LogP contribution in [0.4, 0.5) is 4.39 Å². The van der Waals surface area contributed by atoms with Gasteiger partial charge in [0.1, 0.15) is 11.5 Å². The summed E-state index contributed by atoms with van der Waals surface area (Å²) < 4.78 is 12.7. The molecular formula is C9H17FO. The predicted molar refractivity (Wildman–Crippen MR) is 44.3 cm³/mol. The molecule has 0 atom stereocenters. The van der Waals surface area contributed by atoms with Crippen LogP contribution in [0.3, 0.4) is 0 Å². The molecule has 11 heavy (non-hydrogen) atoms. The molecule has 0 aromatic carbocycles. The zero-order chi connectivity index (χ0) is 9.07. The van der Waals surface area contributed by atoms with Crippen molar-refractivity contribution in [2.45, 2.75) is 46.2 Å². The lowest BCUT2D eigenvalue weighted by molar-refractivity contribution is -0.128. The predicted octanol–water partition coefficient (Wildman–Crippen LogP) is 2.74. The van der Waals surface area contributed by atoms with Crippen LogP contribution in [0.2, 0.25) is 0 Å². The summed E-state index contributed by atoms with van der Waals surface area (Å²) in [6, 6.07) is 0. The molecule has 1 saturated carbocycles. The Morgan fingerprint density at radius 1 is 1.45 bits per heavy atom. The van der Waals surface area contributed by atoms with E-state index in [1.165, 1.54) is 6.92 Å². The van der Waals surface area contributed by atoms with E-state index < -0.39 is 5.67 Å². The first kappa shape index (κ1) is 10.6. The Morgan fingerprint density at radius 3 is 1.91 bits per heavy atom. The molecule has 1 rings (SSSR count). The lowest BCUT2D eigenvalue weighted by atomic mass is 9.72. The quantitative estimate of drug-likeness (QED) is 0.576. The van der Waals surface area contributed by atoms with E-state index in [1.54, 1.807) is 6.92 Å². The Morgan fingerprint density at radius 2 is 1.82 bits per heavy atom.